The minimum absolute atomic E-state index is 0.0844. The monoisotopic (exact) mass is 232 g/mol. The summed E-state index contributed by atoms with van der Waals surface area (Å²) in [6.45, 7) is 6.43. The van der Waals surface area contributed by atoms with Crippen molar-refractivity contribution in [3.8, 4) is 0 Å². The predicted octanol–water partition coefficient (Wildman–Crippen LogP) is 3.45. The van der Waals surface area contributed by atoms with Gasteiger partial charge in [0.1, 0.15) is 6.10 Å². The van der Waals surface area contributed by atoms with Crippen molar-refractivity contribution in [2.45, 2.75) is 59.0 Å². The summed E-state index contributed by atoms with van der Waals surface area (Å²) in [4.78, 5) is 11.2. The van der Waals surface area contributed by atoms with Crippen LogP contribution in [0.15, 0.2) is 0 Å². The lowest BCUT2D eigenvalue weighted by Crippen LogP contribution is -2.26. The Morgan fingerprint density at radius 3 is 2.33 bits per heavy atom. The van der Waals surface area contributed by atoms with Crippen molar-refractivity contribution in [2.75, 3.05) is 5.75 Å². The van der Waals surface area contributed by atoms with Gasteiger partial charge in [0.15, 0.2) is 0 Å². The predicted molar refractivity (Wildman–Crippen MR) is 67.3 cm³/mol. The normalized spacial score (nSPS) is 14.7. The van der Waals surface area contributed by atoms with Gasteiger partial charge in [-0.25, -0.2) is 0 Å². The lowest BCUT2D eigenvalue weighted by atomic mass is 9.92. The van der Waals surface area contributed by atoms with Crippen LogP contribution in [0.4, 0.5) is 0 Å². The van der Waals surface area contributed by atoms with Crippen LogP contribution in [0.2, 0.25) is 0 Å². The second kappa shape index (κ2) is 9.08. The minimum Gasteiger partial charge on any atom is -0.461 e. The Hall–Kier alpha value is -0.180. The number of thiol groups is 1. The number of carbonyl (C=O) groups is 1. The molecule has 0 amide bonds. The highest BCUT2D eigenvalue weighted by Crippen LogP contribution is 2.22. The lowest BCUT2D eigenvalue weighted by molar-refractivity contribution is -0.149. The third-order valence-corrected chi connectivity index (χ3v) is 3.05. The molecule has 3 heteroatoms. The molecule has 2 unspecified atom stereocenters. The molecule has 0 radical (unpaired) electrons. The van der Waals surface area contributed by atoms with Crippen LogP contribution in [0.3, 0.4) is 0 Å². The van der Waals surface area contributed by atoms with Crippen molar-refractivity contribution in [3.63, 3.8) is 0 Å². The Morgan fingerprint density at radius 1 is 1.27 bits per heavy atom. The zero-order valence-electron chi connectivity index (χ0n) is 10.2. The van der Waals surface area contributed by atoms with Crippen LogP contribution in [-0.4, -0.2) is 17.8 Å². The van der Waals surface area contributed by atoms with E-state index in [-0.39, 0.29) is 17.8 Å². The number of hydrogen-bond donors (Lipinski definition) is 1. The quantitative estimate of drug-likeness (QED) is 0.512. The molecule has 0 heterocycles. The van der Waals surface area contributed by atoms with Crippen molar-refractivity contribution in [3.05, 3.63) is 0 Å². The molecule has 0 aliphatic rings. The Balaban J connectivity index is 4.13. The molecule has 0 saturated carbocycles. The standard InChI is InChI=1S/C12H24O2S/c1-4-7-8-10(5-2)11(6-3)14-12(13)9-15/h10-11,15H,4-9H2,1-3H3. The number of esters is 1. The van der Waals surface area contributed by atoms with E-state index >= 15 is 0 Å². The molecule has 0 spiro atoms. The zero-order chi connectivity index (χ0) is 11.7. The molecule has 0 saturated heterocycles. The fourth-order valence-electron chi connectivity index (χ4n) is 1.84. The molecule has 0 fully saturated rings. The maximum Gasteiger partial charge on any atom is 0.315 e. The van der Waals surface area contributed by atoms with E-state index in [9.17, 15) is 4.79 Å². The van der Waals surface area contributed by atoms with E-state index in [1.165, 1.54) is 12.8 Å². The van der Waals surface area contributed by atoms with Crippen molar-refractivity contribution in [1.82, 2.24) is 0 Å². The smallest absolute Gasteiger partial charge is 0.315 e. The number of rotatable bonds is 8. The van der Waals surface area contributed by atoms with Crippen LogP contribution in [0.1, 0.15) is 52.9 Å². The highest BCUT2D eigenvalue weighted by atomic mass is 32.1. The largest absolute Gasteiger partial charge is 0.461 e. The molecular weight excluding hydrogens is 208 g/mol. The molecule has 2 atom stereocenters. The molecule has 2 nitrogen and oxygen atoms in total. The van der Waals surface area contributed by atoms with Gasteiger partial charge < -0.3 is 4.74 Å². The Labute approximate surface area is 99.2 Å². The number of unbranched alkanes of at least 4 members (excludes halogenated alkanes) is 1. The summed E-state index contributed by atoms with van der Waals surface area (Å²) in [6, 6.07) is 0. The fourth-order valence-corrected chi connectivity index (χ4v) is 1.91. The molecule has 0 aromatic heterocycles. The van der Waals surface area contributed by atoms with E-state index in [2.05, 4.69) is 33.4 Å². The molecule has 0 rings (SSSR count). The first-order valence-electron chi connectivity index (χ1n) is 5.99. The summed E-state index contributed by atoms with van der Waals surface area (Å²) in [5, 5.41) is 0. The van der Waals surface area contributed by atoms with E-state index in [0.717, 1.165) is 19.3 Å². The molecule has 0 aliphatic heterocycles. The van der Waals surface area contributed by atoms with Gasteiger partial charge in [-0.3, -0.25) is 4.79 Å². The Bertz CT molecular complexity index is 171. The van der Waals surface area contributed by atoms with Crippen molar-refractivity contribution in [2.24, 2.45) is 5.92 Å². The summed E-state index contributed by atoms with van der Waals surface area (Å²) in [5.41, 5.74) is 0. The van der Waals surface area contributed by atoms with Crippen LogP contribution < -0.4 is 0 Å². The van der Waals surface area contributed by atoms with E-state index in [0.29, 0.717) is 5.92 Å². The maximum absolute atomic E-state index is 11.2. The van der Waals surface area contributed by atoms with Gasteiger partial charge in [0.05, 0.1) is 5.75 Å². The molecule has 0 bridgehead atoms. The molecular formula is C12H24O2S. The maximum atomic E-state index is 11.2. The van der Waals surface area contributed by atoms with Gasteiger partial charge in [-0.2, -0.15) is 12.6 Å². The van der Waals surface area contributed by atoms with Crippen molar-refractivity contribution < 1.29 is 9.53 Å². The first kappa shape index (κ1) is 14.8. The summed E-state index contributed by atoms with van der Waals surface area (Å²) < 4.78 is 5.38. The highest BCUT2D eigenvalue weighted by Gasteiger charge is 2.21. The Morgan fingerprint density at radius 2 is 1.93 bits per heavy atom. The van der Waals surface area contributed by atoms with Gasteiger partial charge in [-0.15, -0.1) is 0 Å². The van der Waals surface area contributed by atoms with Gasteiger partial charge >= 0.3 is 5.97 Å². The average Bonchev–Trinajstić information content (AvgIpc) is 2.27. The van der Waals surface area contributed by atoms with Gasteiger partial charge in [0.25, 0.3) is 0 Å². The SMILES string of the molecule is CCCCC(CC)C(CC)OC(=O)CS. The molecule has 0 N–H and O–H groups in total. The Kier molecular flexibility index (Phi) is 8.97. The zero-order valence-corrected chi connectivity index (χ0v) is 11.1. The second-order valence-electron chi connectivity index (χ2n) is 3.91. The highest BCUT2D eigenvalue weighted by molar-refractivity contribution is 7.81. The van der Waals surface area contributed by atoms with Crippen molar-refractivity contribution in [1.29, 1.82) is 0 Å². The molecule has 0 aromatic carbocycles. The molecule has 90 valence electrons. The minimum atomic E-state index is -0.194. The second-order valence-corrected chi connectivity index (χ2v) is 4.22. The molecule has 0 aromatic rings. The van der Waals surface area contributed by atoms with E-state index in [4.69, 9.17) is 4.74 Å². The van der Waals surface area contributed by atoms with E-state index < -0.39 is 0 Å². The summed E-state index contributed by atoms with van der Waals surface area (Å²) in [6.07, 6.45) is 5.65. The third-order valence-electron chi connectivity index (χ3n) is 2.79. The molecule has 15 heavy (non-hydrogen) atoms. The van der Waals surface area contributed by atoms with Crippen LogP contribution in [0, 0.1) is 5.92 Å². The van der Waals surface area contributed by atoms with Gasteiger partial charge in [-0.1, -0.05) is 33.6 Å². The van der Waals surface area contributed by atoms with Crippen LogP contribution >= 0.6 is 12.6 Å². The first-order valence-corrected chi connectivity index (χ1v) is 6.63. The van der Waals surface area contributed by atoms with E-state index in [1.807, 2.05) is 0 Å². The van der Waals surface area contributed by atoms with Gasteiger partial charge in [0, 0.05) is 0 Å². The van der Waals surface area contributed by atoms with Gasteiger partial charge in [0.2, 0.25) is 0 Å². The average molecular weight is 232 g/mol. The van der Waals surface area contributed by atoms with Crippen LogP contribution in [-0.2, 0) is 9.53 Å². The van der Waals surface area contributed by atoms with Gasteiger partial charge in [-0.05, 0) is 25.2 Å². The first-order chi connectivity index (χ1) is 7.19. The van der Waals surface area contributed by atoms with E-state index in [1.54, 1.807) is 0 Å². The number of hydrogen-bond acceptors (Lipinski definition) is 3. The summed E-state index contributed by atoms with van der Waals surface area (Å²) >= 11 is 3.92. The number of carbonyl (C=O) groups excluding carboxylic acids is 1. The molecule has 0 aliphatic carbocycles. The number of ether oxygens (including phenoxy) is 1. The van der Waals surface area contributed by atoms with Crippen molar-refractivity contribution >= 4 is 18.6 Å². The lowest BCUT2D eigenvalue weighted by Gasteiger charge is -2.25. The fraction of sp³-hybridized carbons (Fsp3) is 0.917. The summed E-state index contributed by atoms with van der Waals surface area (Å²) in [5.74, 6) is 0.500. The van der Waals surface area contributed by atoms with Crippen LogP contribution in [0.25, 0.3) is 0 Å². The summed E-state index contributed by atoms with van der Waals surface area (Å²) in [7, 11) is 0. The topological polar surface area (TPSA) is 26.3 Å². The third kappa shape index (κ3) is 6.08. The van der Waals surface area contributed by atoms with Crippen LogP contribution in [0.5, 0.6) is 0 Å².